The molecule has 1 aromatic rings. The summed E-state index contributed by atoms with van der Waals surface area (Å²) in [6, 6.07) is 5.15. The summed E-state index contributed by atoms with van der Waals surface area (Å²) in [6.45, 7) is 3.90. The summed E-state index contributed by atoms with van der Waals surface area (Å²) in [5.41, 5.74) is -0.834. The first kappa shape index (κ1) is 15.8. The highest BCUT2D eigenvalue weighted by molar-refractivity contribution is 5.35. The second kappa shape index (κ2) is 6.77. The zero-order valence-corrected chi connectivity index (χ0v) is 10.9. The first-order valence-corrected chi connectivity index (χ1v) is 6.01. The van der Waals surface area contributed by atoms with E-state index < -0.39 is 17.8 Å². The van der Waals surface area contributed by atoms with Crippen molar-refractivity contribution in [3.8, 4) is 5.75 Å². The number of rotatable bonds is 6. The lowest BCUT2D eigenvalue weighted by atomic mass is 10.2. The highest BCUT2D eigenvalue weighted by Crippen LogP contribution is 2.35. The van der Waals surface area contributed by atoms with Crippen LogP contribution in [-0.4, -0.2) is 30.4 Å². The van der Waals surface area contributed by atoms with Crippen molar-refractivity contribution in [3.05, 3.63) is 29.8 Å². The number of aliphatic hydroxyl groups is 1. The van der Waals surface area contributed by atoms with Gasteiger partial charge in [0, 0.05) is 12.6 Å². The van der Waals surface area contributed by atoms with Crippen LogP contribution in [0.15, 0.2) is 24.3 Å². The minimum atomic E-state index is -4.46. The lowest BCUT2D eigenvalue weighted by molar-refractivity contribution is -0.139. The number of hydrogen-bond donors (Lipinski definition) is 2. The fraction of sp³-hybridized carbons (Fsp3) is 0.538. The maximum absolute atomic E-state index is 12.7. The monoisotopic (exact) mass is 277 g/mol. The molecule has 0 aliphatic carbocycles. The topological polar surface area (TPSA) is 41.5 Å². The standard InChI is InChI=1S/C13H18F3NO2/c1-9(2)17-7-10(18)8-19-12-6-4-3-5-11(12)13(14,15)16/h3-6,9-10,17-18H,7-8H2,1-2H3. The number of hydrogen-bond acceptors (Lipinski definition) is 3. The third-order valence-corrected chi connectivity index (χ3v) is 2.39. The summed E-state index contributed by atoms with van der Waals surface area (Å²) in [4.78, 5) is 0. The molecule has 108 valence electrons. The van der Waals surface area contributed by atoms with Crippen molar-refractivity contribution in [2.45, 2.75) is 32.2 Å². The number of benzene rings is 1. The molecule has 0 spiro atoms. The Kier molecular flexibility index (Phi) is 5.62. The van der Waals surface area contributed by atoms with Crippen LogP contribution in [0, 0.1) is 0 Å². The molecule has 0 aromatic heterocycles. The Morgan fingerprint density at radius 3 is 2.47 bits per heavy atom. The van der Waals surface area contributed by atoms with Gasteiger partial charge < -0.3 is 15.2 Å². The number of para-hydroxylation sites is 1. The molecule has 2 N–H and O–H groups in total. The van der Waals surface area contributed by atoms with Crippen molar-refractivity contribution in [1.29, 1.82) is 0 Å². The van der Waals surface area contributed by atoms with E-state index in [4.69, 9.17) is 4.74 Å². The molecular formula is C13H18F3NO2. The fourth-order valence-electron chi connectivity index (χ4n) is 1.44. The van der Waals surface area contributed by atoms with Crippen LogP contribution >= 0.6 is 0 Å². The van der Waals surface area contributed by atoms with E-state index in [-0.39, 0.29) is 24.9 Å². The molecule has 1 aromatic carbocycles. The summed E-state index contributed by atoms with van der Waals surface area (Å²) in [5, 5.41) is 12.6. The van der Waals surface area contributed by atoms with Crippen LogP contribution in [0.4, 0.5) is 13.2 Å². The number of ether oxygens (including phenoxy) is 1. The van der Waals surface area contributed by atoms with Gasteiger partial charge in [-0.15, -0.1) is 0 Å². The zero-order valence-electron chi connectivity index (χ0n) is 10.9. The molecule has 19 heavy (non-hydrogen) atoms. The van der Waals surface area contributed by atoms with Crippen molar-refractivity contribution in [3.63, 3.8) is 0 Å². The lowest BCUT2D eigenvalue weighted by Crippen LogP contribution is -2.35. The molecule has 1 atom stereocenters. The van der Waals surface area contributed by atoms with Gasteiger partial charge in [0.25, 0.3) is 0 Å². The number of halogens is 3. The Balaban J connectivity index is 2.58. The second-order valence-electron chi connectivity index (χ2n) is 4.52. The highest BCUT2D eigenvalue weighted by atomic mass is 19.4. The van der Waals surface area contributed by atoms with E-state index >= 15 is 0 Å². The van der Waals surface area contributed by atoms with Crippen LogP contribution in [0.3, 0.4) is 0 Å². The smallest absolute Gasteiger partial charge is 0.419 e. The van der Waals surface area contributed by atoms with Gasteiger partial charge in [0.05, 0.1) is 5.56 Å². The normalized spacial score (nSPS) is 13.6. The van der Waals surface area contributed by atoms with Crippen molar-refractivity contribution in [1.82, 2.24) is 5.32 Å². The van der Waals surface area contributed by atoms with Crippen molar-refractivity contribution in [2.24, 2.45) is 0 Å². The van der Waals surface area contributed by atoms with Crippen molar-refractivity contribution in [2.75, 3.05) is 13.2 Å². The van der Waals surface area contributed by atoms with Gasteiger partial charge in [-0.05, 0) is 12.1 Å². The molecule has 0 aliphatic heterocycles. The summed E-state index contributed by atoms with van der Waals surface area (Å²) in [7, 11) is 0. The van der Waals surface area contributed by atoms with E-state index in [0.29, 0.717) is 0 Å². The Morgan fingerprint density at radius 1 is 1.26 bits per heavy atom. The summed E-state index contributed by atoms with van der Waals surface area (Å²) < 4.78 is 43.1. The van der Waals surface area contributed by atoms with Gasteiger partial charge >= 0.3 is 6.18 Å². The molecule has 1 unspecified atom stereocenters. The molecule has 0 heterocycles. The third kappa shape index (κ3) is 5.48. The Labute approximate surface area is 110 Å². The summed E-state index contributed by atoms with van der Waals surface area (Å²) >= 11 is 0. The van der Waals surface area contributed by atoms with Gasteiger partial charge in [0.2, 0.25) is 0 Å². The summed E-state index contributed by atoms with van der Waals surface area (Å²) in [6.07, 6.45) is -5.32. The van der Waals surface area contributed by atoms with Crippen molar-refractivity contribution >= 4 is 0 Å². The van der Waals surface area contributed by atoms with Crippen LogP contribution in [0.1, 0.15) is 19.4 Å². The average Bonchev–Trinajstić information content (AvgIpc) is 2.33. The van der Waals surface area contributed by atoms with Gasteiger partial charge in [-0.2, -0.15) is 13.2 Å². The Bertz CT molecular complexity index is 394. The maximum Gasteiger partial charge on any atom is 0.419 e. The van der Waals surface area contributed by atoms with Gasteiger partial charge in [-0.25, -0.2) is 0 Å². The van der Waals surface area contributed by atoms with Gasteiger partial charge in [0.15, 0.2) is 0 Å². The molecule has 0 saturated heterocycles. The Morgan fingerprint density at radius 2 is 1.89 bits per heavy atom. The van der Waals surface area contributed by atoms with Gasteiger partial charge in [0.1, 0.15) is 18.5 Å². The van der Waals surface area contributed by atoms with Gasteiger partial charge in [-0.1, -0.05) is 26.0 Å². The highest BCUT2D eigenvalue weighted by Gasteiger charge is 2.34. The molecule has 0 fully saturated rings. The zero-order chi connectivity index (χ0) is 14.5. The maximum atomic E-state index is 12.7. The molecular weight excluding hydrogens is 259 g/mol. The number of alkyl halides is 3. The molecule has 0 bridgehead atoms. The average molecular weight is 277 g/mol. The van der Waals surface area contributed by atoms with Crippen LogP contribution < -0.4 is 10.1 Å². The first-order valence-electron chi connectivity index (χ1n) is 6.01. The van der Waals surface area contributed by atoms with E-state index in [0.717, 1.165) is 6.07 Å². The molecule has 0 saturated carbocycles. The lowest BCUT2D eigenvalue weighted by Gasteiger charge is -2.17. The van der Waals surface area contributed by atoms with E-state index in [1.165, 1.54) is 18.2 Å². The molecule has 6 heteroatoms. The van der Waals surface area contributed by atoms with Gasteiger partial charge in [-0.3, -0.25) is 0 Å². The van der Waals surface area contributed by atoms with E-state index in [9.17, 15) is 18.3 Å². The molecule has 0 amide bonds. The SMILES string of the molecule is CC(C)NCC(O)COc1ccccc1C(F)(F)F. The largest absolute Gasteiger partial charge is 0.490 e. The van der Waals surface area contributed by atoms with Crippen LogP contribution in [-0.2, 0) is 6.18 Å². The van der Waals surface area contributed by atoms with Crippen molar-refractivity contribution < 1.29 is 23.0 Å². The Hall–Kier alpha value is -1.27. The van der Waals surface area contributed by atoms with E-state index in [1.807, 2.05) is 13.8 Å². The fourth-order valence-corrected chi connectivity index (χ4v) is 1.44. The number of aliphatic hydroxyl groups excluding tert-OH is 1. The number of nitrogens with one attached hydrogen (secondary N) is 1. The third-order valence-electron chi connectivity index (χ3n) is 2.39. The predicted octanol–water partition coefficient (Wildman–Crippen LogP) is 2.44. The second-order valence-corrected chi connectivity index (χ2v) is 4.52. The van der Waals surface area contributed by atoms with Crippen LogP contribution in [0.25, 0.3) is 0 Å². The quantitative estimate of drug-likeness (QED) is 0.839. The van der Waals surface area contributed by atoms with E-state index in [2.05, 4.69) is 5.32 Å². The minimum absolute atomic E-state index is 0.188. The predicted molar refractivity (Wildman–Crippen MR) is 66.1 cm³/mol. The van der Waals surface area contributed by atoms with Crippen LogP contribution in [0.5, 0.6) is 5.75 Å². The minimum Gasteiger partial charge on any atom is -0.490 e. The summed E-state index contributed by atoms with van der Waals surface area (Å²) in [5.74, 6) is -0.265. The molecule has 0 radical (unpaired) electrons. The molecule has 0 aliphatic rings. The first-order chi connectivity index (χ1) is 8.80. The van der Waals surface area contributed by atoms with Crippen LogP contribution in [0.2, 0.25) is 0 Å². The molecule has 1 rings (SSSR count). The molecule has 3 nitrogen and oxygen atoms in total. The van der Waals surface area contributed by atoms with E-state index in [1.54, 1.807) is 0 Å².